The summed E-state index contributed by atoms with van der Waals surface area (Å²) < 4.78 is 26.7. The van der Waals surface area contributed by atoms with Gasteiger partial charge in [0, 0.05) is 41.5 Å². The van der Waals surface area contributed by atoms with E-state index in [-0.39, 0.29) is 10.6 Å². The van der Waals surface area contributed by atoms with Gasteiger partial charge < -0.3 is 10.3 Å². The van der Waals surface area contributed by atoms with Crippen LogP contribution >= 0.6 is 23.4 Å². The summed E-state index contributed by atoms with van der Waals surface area (Å²) in [6.45, 7) is 2.85. The summed E-state index contributed by atoms with van der Waals surface area (Å²) in [6.07, 6.45) is 1.36. The van der Waals surface area contributed by atoms with Crippen molar-refractivity contribution in [3.8, 4) is 0 Å². The zero-order valence-electron chi connectivity index (χ0n) is 13.6. The highest BCUT2D eigenvalue weighted by Gasteiger charge is 2.27. The number of sulfonamides is 1. The zero-order valence-corrected chi connectivity index (χ0v) is 16.0. The summed E-state index contributed by atoms with van der Waals surface area (Å²) in [6, 6.07) is 6.56. The molecule has 1 aromatic carbocycles. The van der Waals surface area contributed by atoms with Crippen LogP contribution in [0.25, 0.3) is 0 Å². The molecule has 6 nitrogen and oxygen atoms in total. The molecule has 0 saturated carbocycles. The molecule has 1 amide bonds. The summed E-state index contributed by atoms with van der Waals surface area (Å²) in [7, 11) is -3.57. The van der Waals surface area contributed by atoms with Crippen LogP contribution in [-0.2, 0) is 10.0 Å². The average Bonchev–Trinajstić information content (AvgIpc) is 3.10. The maximum absolute atomic E-state index is 12.6. The lowest BCUT2D eigenvalue weighted by Crippen LogP contribution is -2.37. The van der Waals surface area contributed by atoms with Gasteiger partial charge in [0.05, 0.1) is 0 Å². The lowest BCUT2D eigenvalue weighted by atomic mass is 10.2. The maximum Gasteiger partial charge on any atom is 0.272 e. The number of H-pyrrole nitrogens is 1. The standard InChI is InChI=1S/C16H18ClN3O3S2/c1-11-2-3-12(8-14(11)17)19-16(21)15-9-13(10-18-15)25(22,23)20-4-6-24-7-5-20/h2-3,8-10,18H,4-7H2,1H3,(H,19,21). The lowest BCUT2D eigenvalue weighted by molar-refractivity contribution is 0.102. The fourth-order valence-corrected chi connectivity index (χ4v) is 5.21. The number of aryl methyl sites for hydroxylation is 1. The van der Waals surface area contributed by atoms with E-state index in [4.69, 9.17) is 11.6 Å². The first kappa shape index (κ1) is 18.3. The first-order valence-corrected chi connectivity index (χ1v) is 10.7. The molecule has 3 rings (SSSR count). The minimum atomic E-state index is -3.57. The van der Waals surface area contributed by atoms with Gasteiger partial charge in [0.25, 0.3) is 5.91 Å². The van der Waals surface area contributed by atoms with Crippen LogP contribution in [0.1, 0.15) is 16.1 Å². The highest BCUT2D eigenvalue weighted by atomic mass is 35.5. The number of hydrogen-bond donors (Lipinski definition) is 2. The van der Waals surface area contributed by atoms with Crippen LogP contribution < -0.4 is 5.32 Å². The largest absolute Gasteiger partial charge is 0.356 e. The second-order valence-electron chi connectivity index (χ2n) is 5.68. The Balaban J connectivity index is 1.76. The fourth-order valence-electron chi connectivity index (χ4n) is 2.46. The number of rotatable bonds is 4. The fraction of sp³-hybridized carbons (Fsp3) is 0.312. The summed E-state index contributed by atoms with van der Waals surface area (Å²) in [5, 5.41) is 3.26. The predicted octanol–water partition coefficient (Wildman–Crippen LogP) is 2.97. The Hall–Kier alpha value is -1.48. The molecule has 25 heavy (non-hydrogen) atoms. The van der Waals surface area contributed by atoms with Crippen molar-refractivity contribution < 1.29 is 13.2 Å². The van der Waals surface area contributed by atoms with E-state index in [1.165, 1.54) is 16.6 Å². The van der Waals surface area contributed by atoms with Crippen molar-refractivity contribution in [1.29, 1.82) is 0 Å². The Morgan fingerprint density at radius 2 is 2.00 bits per heavy atom. The van der Waals surface area contributed by atoms with Crippen LogP contribution in [0.15, 0.2) is 35.4 Å². The molecule has 0 bridgehead atoms. The van der Waals surface area contributed by atoms with E-state index in [1.807, 2.05) is 6.92 Å². The molecule has 0 spiro atoms. The monoisotopic (exact) mass is 399 g/mol. The Morgan fingerprint density at radius 1 is 1.28 bits per heavy atom. The number of nitrogens with zero attached hydrogens (tertiary/aromatic N) is 1. The van der Waals surface area contributed by atoms with Crippen LogP contribution in [0, 0.1) is 6.92 Å². The van der Waals surface area contributed by atoms with E-state index < -0.39 is 15.9 Å². The molecule has 0 aliphatic carbocycles. The molecular formula is C16H18ClN3O3S2. The van der Waals surface area contributed by atoms with Crippen molar-refractivity contribution in [1.82, 2.24) is 9.29 Å². The summed E-state index contributed by atoms with van der Waals surface area (Å²) in [5.41, 5.74) is 1.64. The van der Waals surface area contributed by atoms with Crippen LogP contribution in [0.5, 0.6) is 0 Å². The van der Waals surface area contributed by atoms with E-state index in [0.29, 0.717) is 23.8 Å². The lowest BCUT2D eigenvalue weighted by Gasteiger charge is -2.24. The number of carbonyl (C=O) groups is 1. The second-order valence-corrected chi connectivity index (χ2v) is 9.25. The van der Waals surface area contributed by atoms with Crippen molar-refractivity contribution in [3.05, 3.63) is 46.7 Å². The van der Waals surface area contributed by atoms with Gasteiger partial charge in [-0.1, -0.05) is 17.7 Å². The predicted molar refractivity (Wildman–Crippen MR) is 101 cm³/mol. The van der Waals surface area contributed by atoms with E-state index >= 15 is 0 Å². The van der Waals surface area contributed by atoms with Crippen molar-refractivity contribution >= 4 is 45.0 Å². The number of benzene rings is 1. The van der Waals surface area contributed by atoms with Crippen LogP contribution in [0.3, 0.4) is 0 Å². The van der Waals surface area contributed by atoms with Gasteiger partial charge in [-0.05, 0) is 30.7 Å². The van der Waals surface area contributed by atoms with E-state index in [2.05, 4.69) is 10.3 Å². The van der Waals surface area contributed by atoms with Crippen molar-refractivity contribution in [2.75, 3.05) is 29.9 Å². The van der Waals surface area contributed by atoms with Gasteiger partial charge in [-0.25, -0.2) is 8.42 Å². The number of anilines is 1. The smallest absolute Gasteiger partial charge is 0.272 e. The Kier molecular flexibility index (Phi) is 5.43. The zero-order chi connectivity index (χ0) is 18.0. The molecule has 1 aliphatic heterocycles. The number of aromatic amines is 1. The molecule has 2 N–H and O–H groups in total. The molecule has 2 aromatic rings. The van der Waals surface area contributed by atoms with Crippen molar-refractivity contribution in [2.24, 2.45) is 0 Å². The van der Waals surface area contributed by atoms with E-state index in [9.17, 15) is 13.2 Å². The Bertz CT molecular complexity index is 890. The third-order valence-corrected chi connectivity index (χ3v) is 7.16. The highest BCUT2D eigenvalue weighted by Crippen LogP contribution is 2.23. The molecule has 2 heterocycles. The third-order valence-electron chi connectivity index (χ3n) is 3.94. The maximum atomic E-state index is 12.6. The molecule has 134 valence electrons. The van der Waals surface area contributed by atoms with Gasteiger partial charge in [0.2, 0.25) is 10.0 Å². The number of carbonyl (C=O) groups excluding carboxylic acids is 1. The Morgan fingerprint density at radius 3 is 2.68 bits per heavy atom. The minimum absolute atomic E-state index is 0.103. The quantitative estimate of drug-likeness (QED) is 0.828. The van der Waals surface area contributed by atoms with Crippen LogP contribution in [-0.4, -0.2) is 48.2 Å². The third kappa shape index (κ3) is 4.03. The first-order valence-electron chi connectivity index (χ1n) is 7.72. The minimum Gasteiger partial charge on any atom is -0.356 e. The average molecular weight is 400 g/mol. The molecule has 0 unspecified atom stereocenters. The van der Waals surface area contributed by atoms with Gasteiger partial charge in [-0.2, -0.15) is 16.1 Å². The van der Waals surface area contributed by atoms with Gasteiger partial charge >= 0.3 is 0 Å². The number of hydrogen-bond acceptors (Lipinski definition) is 4. The number of thioether (sulfide) groups is 1. The second kappa shape index (κ2) is 7.41. The molecule has 1 aliphatic rings. The van der Waals surface area contributed by atoms with Crippen molar-refractivity contribution in [2.45, 2.75) is 11.8 Å². The molecule has 1 aromatic heterocycles. The molecule has 1 saturated heterocycles. The normalized spacial score (nSPS) is 15.9. The van der Waals surface area contributed by atoms with E-state index in [1.54, 1.807) is 30.0 Å². The van der Waals surface area contributed by atoms with Gasteiger partial charge in [-0.3, -0.25) is 4.79 Å². The van der Waals surface area contributed by atoms with Crippen molar-refractivity contribution in [3.63, 3.8) is 0 Å². The first-order chi connectivity index (χ1) is 11.9. The summed E-state index contributed by atoms with van der Waals surface area (Å²) in [4.78, 5) is 15.2. The molecule has 1 fully saturated rings. The number of amides is 1. The number of nitrogens with one attached hydrogen (secondary N) is 2. The molecule has 0 radical (unpaired) electrons. The van der Waals surface area contributed by atoms with Gasteiger partial charge in [0.1, 0.15) is 10.6 Å². The molecule has 9 heteroatoms. The number of aromatic nitrogens is 1. The number of halogens is 1. The summed E-state index contributed by atoms with van der Waals surface area (Å²) in [5.74, 6) is 1.15. The SMILES string of the molecule is Cc1ccc(NC(=O)c2cc(S(=O)(=O)N3CCSCC3)c[nH]2)cc1Cl. The van der Waals surface area contributed by atoms with Gasteiger partial charge in [-0.15, -0.1) is 0 Å². The topological polar surface area (TPSA) is 82.3 Å². The summed E-state index contributed by atoms with van der Waals surface area (Å²) >= 11 is 7.78. The van der Waals surface area contributed by atoms with Crippen LogP contribution in [0.2, 0.25) is 5.02 Å². The van der Waals surface area contributed by atoms with Crippen LogP contribution in [0.4, 0.5) is 5.69 Å². The highest BCUT2D eigenvalue weighted by molar-refractivity contribution is 7.99. The van der Waals surface area contributed by atoms with E-state index in [0.717, 1.165) is 17.1 Å². The molecule has 0 atom stereocenters. The van der Waals surface area contributed by atoms with Gasteiger partial charge in [0.15, 0.2) is 0 Å². The molecular weight excluding hydrogens is 382 g/mol. The Labute approximate surface area is 156 Å².